The average Bonchev–Trinajstić information content (AvgIpc) is 3.44. The van der Waals surface area contributed by atoms with E-state index in [-0.39, 0.29) is 16.3 Å². The Kier molecular flexibility index (Phi) is 8.49. The van der Waals surface area contributed by atoms with Crippen molar-refractivity contribution in [1.29, 1.82) is 0 Å². The first kappa shape index (κ1) is 31.0. The van der Waals surface area contributed by atoms with E-state index >= 15 is 0 Å². The van der Waals surface area contributed by atoms with Gasteiger partial charge in [0.05, 0.1) is 15.5 Å². The van der Waals surface area contributed by atoms with Gasteiger partial charge in [-0.2, -0.15) is 0 Å². The fourth-order valence-corrected chi connectivity index (χ4v) is 9.01. The summed E-state index contributed by atoms with van der Waals surface area (Å²) in [4.78, 5) is 0.449. The van der Waals surface area contributed by atoms with E-state index in [4.69, 9.17) is 0 Å². The third-order valence-corrected chi connectivity index (χ3v) is 12.3. The average molecular weight is 755 g/mol. The van der Waals surface area contributed by atoms with E-state index in [1.54, 1.807) is 48.5 Å². The number of nitrogens with zero attached hydrogens (tertiary/aromatic N) is 1. The molecular formula is C34H30Br2N2O4S2. The van der Waals surface area contributed by atoms with Crippen LogP contribution in [0.2, 0.25) is 0 Å². The van der Waals surface area contributed by atoms with Crippen molar-refractivity contribution in [3.05, 3.63) is 122 Å². The summed E-state index contributed by atoms with van der Waals surface area (Å²) in [6.45, 7) is 4.28. The van der Waals surface area contributed by atoms with Crippen molar-refractivity contribution in [2.75, 3.05) is 17.4 Å². The zero-order valence-corrected chi connectivity index (χ0v) is 28.9. The van der Waals surface area contributed by atoms with E-state index in [0.717, 1.165) is 53.1 Å². The van der Waals surface area contributed by atoms with Gasteiger partial charge >= 0.3 is 0 Å². The van der Waals surface area contributed by atoms with Crippen molar-refractivity contribution >= 4 is 68.4 Å². The lowest BCUT2D eigenvalue weighted by atomic mass is 9.87. The van der Waals surface area contributed by atoms with Crippen LogP contribution >= 0.6 is 31.9 Å². The topological polar surface area (TPSA) is 83.6 Å². The van der Waals surface area contributed by atoms with Crippen LogP contribution in [0, 0.1) is 13.8 Å². The summed E-state index contributed by atoms with van der Waals surface area (Å²) in [6, 6.07) is 27.6. The van der Waals surface area contributed by atoms with Crippen LogP contribution in [-0.2, 0) is 32.9 Å². The van der Waals surface area contributed by atoms with Gasteiger partial charge < -0.3 is 0 Å². The summed E-state index contributed by atoms with van der Waals surface area (Å²) in [7, 11) is -7.59. The standard InChI is InChI=1S/C34H30Br2N2O4S2/c1-22-3-12-27(13-4-22)43(39,40)37-19-17-29-31-18-20-38(44(41,42)28-14-5-23(2)6-15-28)34(31)30-16-11-26(36)21-32(30)33(29)24-7-9-25(35)10-8-24/h3-16,21,37H,17-20H2,1-2H3. The molecular weight excluding hydrogens is 724 g/mol. The Morgan fingerprint density at radius 3 is 1.95 bits per heavy atom. The fourth-order valence-electron chi connectivity index (χ4n) is 5.84. The Bertz CT molecular complexity index is 2100. The molecule has 1 aliphatic heterocycles. The maximum Gasteiger partial charge on any atom is 0.264 e. The molecule has 0 saturated heterocycles. The van der Waals surface area contributed by atoms with E-state index in [0.29, 0.717) is 25.1 Å². The smallest absolute Gasteiger partial charge is 0.264 e. The predicted octanol–water partition coefficient (Wildman–Crippen LogP) is 7.92. The number of nitrogens with one attached hydrogen (secondary N) is 1. The first-order valence-electron chi connectivity index (χ1n) is 14.1. The van der Waals surface area contributed by atoms with E-state index in [1.807, 2.05) is 56.3 Å². The molecule has 0 amide bonds. The van der Waals surface area contributed by atoms with Crippen LogP contribution in [0.4, 0.5) is 5.69 Å². The molecule has 1 heterocycles. The summed E-state index contributed by atoms with van der Waals surface area (Å²) in [5, 5.41) is 1.72. The Hall–Kier alpha value is -3.02. The van der Waals surface area contributed by atoms with E-state index < -0.39 is 20.0 Å². The number of benzene rings is 5. The van der Waals surface area contributed by atoms with Crippen LogP contribution in [0.15, 0.2) is 110 Å². The molecule has 0 bridgehead atoms. The van der Waals surface area contributed by atoms with Gasteiger partial charge in [-0.15, -0.1) is 0 Å². The predicted molar refractivity (Wildman–Crippen MR) is 184 cm³/mol. The van der Waals surface area contributed by atoms with Gasteiger partial charge in [0, 0.05) is 27.4 Å². The van der Waals surface area contributed by atoms with Crippen LogP contribution in [-0.4, -0.2) is 29.9 Å². The normalized spacial score (nSPS) is 13.4. The molecule has 0 fully saturated rings. The van der Waals surface area contributed by atoms with Gasteiger partial charge in [0.1, 0.15) is 0 Å². The zero-order valence-electron chi connectivity index (χ0n) is 24.1. The van der Waals surface area contributed by atoms with Crippen LogP contribution in [0.1, 0.15) is 22.3 Å². The molecule has 0 saturated carbocycles. The number of hydrogen-bond acceptors (Lipinski definition) is 4. The van der Waals surface area contributed by atoms with Crippen LogP contribution in [0.25, 0.3) is 21.9 Å². The second-order valence-corrected chi connectivity index (χ2v) is 16.4. The zero-order chi connectivity index (χ0) is 31.2. The van der Waals surface area contributed by atoms with Gasteiger partial charge in [-0.1, -0.05) is 85.5 Å². The molecule has 0 aliphatic carbocycles. The molecule has 6 nitrogen and oxygen atoms in total. The minimum absolute atomic E-state index is 0.149. The number of fused-ring (bicyclic) bond motifs is 3. The monoisotopic (exact) mass is 752 g/mol. The molecule has 6 rings (SSSR count). The molecule has 5 aromatic rings. The van der Waals surface area contributed by atoms with Crippen LogP contribution in [0.5, 0.6) is 0 Å². The fraction of sp³-hybridized carbons (Fsp3) is 0.176. The summed E-state index contributed by atoms with van der Waals surface area (Å²) in [6.07, 6.45) is 0.885. The number of halogens is 2. The first-order chi connectivity index (χ1) is 21.0. The molecule has 10 heteroatoms. The second kappa shape index (κ2) is 12.1. The van der Waals surface area contributed by atoms with Crippen molar-refractivity contribution in [3.63, 3.8) is 0 Å². The maximum atomic E-state index is 14.1. The number of rotatable bonds is 8. The molecule has 5 aromatic carbocycles. The van der Waals surface area contributed by atoms with Gasteiger partial charge in [0.25, 0.3) is 10.0 Å². The molecule has 0 radical (unpaired) electrons. The molecule has 1 N–H and O–H groups in total. The van der Waals surface area contributed by atoms with Crippen molar-refractivity contribution in [1.82, 2.24) is 4.72 Å². The van der Waals surface area contributed by atoms with E-state index in [2.05, 4.69) is 36.6 Å². The quantitative estimate of drug-likeness (QED) is 0.175. The van der Waals surface area contributed by atoms with Gasteiger partial charge in [0.15, 0.2) is 0 Å². The van der Waals surface area contributed by atoms with Gasteiger partial charge in [-0.25, -0.2) is 21.6 Å². The lowest BCUT2D eigenvalue weighted by Crippen LogP contribution is -2.29. The minimum Gasteiger partial charge on any atom is -0.265 e. The third kappa shape index (κ3) is 5.86. The Labute approximate surface area is 275 Å². The van der Waals surface area contributed by atoms with Crippen molar-refractivity contribution < 1.29 is 16.8 Å². The number of aryl methyl sites for hydroxylation is 2. The van der Waals surface area contributed by atoms with Crippen LogP contribution < -0.4 is 9.03 Å². The number of hydrogen-bond donors (Lipinski definition) is 1. The molecule has 0 atom stereocenters. The van der Waals surface area contributed by atoms with Crippen molar-refractivity contribution in [2.24, 2.45) is 0 Å². The Morgan fingerprint density at radius 2 is 1.32 bits per heavy atom. The molecule has 0 spiro atoms. The molecule has 44 heavy (non-hydrogen) atoms. The Morgan fingerprint density at radius 1 is 0.727 bits per heavy atom. The second-order valence-electron chi connectivity index (χ2n) is 11.0. The highest BCUT2D eigenvalue weighted by Crippen LogP contribution is 2.47. The van der Waals surface area contributed by atoms with Crippen LogP contribution in [0.3, 0.4) is 0 Å². The third-order valence-electron chi connectivity index (χ3n) is 8.01. The summed E-state index contributed by atoms with van der Waals surface area (Å²) in [5.74, 6) is 0. The van der Waals surface area contributed by atoms with E-state index in [9.17, 15) is 16.8 Å². The number of anilines is 1. The lowest BCUT2D eigenvalue weighted by Gasteiger charge is -2.24. The van der Waals surface area contributed by atoms with Gasteiger partial charge in [-0.3, -0.25) is 4.31 Å². The highest BCUT2D eigenvalue weighted by atomic mass is 79.9. The largest absolute Gasteiger partial charge is 0.265 e. The summed E-state index contributed by atoms with van der Waals surface area (Å²) >= 11 is 7.17. The molecule has 1 aliphatic rings. The van der Waals surface area contributed by atoms with E-state index in [1.165, 1.54) is 4.31 Å². The molecule has 0 unspecified atom stereocenters. The van der Waals surface area contributed by atoms with Crippen molar-refractivity contribution in [3.8, 4) is 11.1 Å². The van der Waals surface area contributed by atoms with Crippen molar-refractivity contribution in [2.45, 2.75) is 36.5 Å². The summed E-state index contributed by atoms with van der Waals surface area (Å²) < 4.78 is 60.6. The molecule has 226 valence electrons. The molecule has 0 aromatic heterocycles. The number of sulfonamides is 2. The first-order valence-corrected chi connectivity index (χ1v) is 18.7. The lowest BCUT2D eigenvalue weighted by molar-refractivity contribution is 0.581. The van der Waals surface area contributed by atoms with Gasteiger partial charge in [-0.05, 0) is 103 Å². The highest BCUT2D eigenvalue weighted by molar-refractivity contribution is 9.10. The minimum atomic E-state index is -3.85. The van der Waals surface area contributed by atoms with Gasteiger partial charge in [0.2, 0.25) is 10.0 Å². The maximum absolute atomic E-state index is 14.1. The Balaban J connectivity index is 1.51. The highest BCUT2D eigenvalue weighted by Gasteiger charge is 2.35. The summed E-state index contributed by atoms with van der Waals surface area (Å²) in [5.41, 5.74) is 6.41. The SMILES string of the molecule is Cc1ccc(S(=O)(=O)NCCc2c3c(c4ccc(Br)cc4c2-c2ccc(Br)cc2)N(S(=O)(=O)c2ccc(C)cc2)CC3)cc1.